The normalized spacial score (nSPS) is 10.4. The Balaban J connectivity index is 2.64. The fraction of sp³-hybridized carbons (Fsp3) is 0.538. The van der Waals surface area contributed by atoms with Crippen LogP contribution in [0.3, 0.4) is 0 Å². The summed E-state index contributed by atoms with van der Waals surface area (Å²) in [6.45, 7) is 6.91. The van der Waals surface area contributed by atoms with E-state index in [1.807, 2.05) is 12.1 Å². The van der Waals surface area contributed by atoms with Crippen LogP contribution in [0.25, 0.3) is 0 Å². The molecule has 1 aromatic carbocycles. The van der Waals surface area contributed by atoms with Crippen molar-refractivity contribution in [3.05, 3.63) is 28.2 Å². The highest BCUT2D eigenvalue weighted by molar-refractivity contribution is 9.10. The fourth-order valence-corrected chi connectivity index (χ4v) is 1.82. The Bertz CT molecular complexity index is 315. The van der Waals surface area contributed by atoms with E-state index in [1.165, 1.54) is 12.0 Å². The van der Waals surface area contributed by atoms with Gasteiger partial charge in [-0.2, -0.15) is 0 Å². The largest absolute Gasteiger partial charge is 0.493 e. The lowest BCUT2D eigenvalue weighted by Gasteiger charge is -2.12. The Morgan fingerprint density at radius 3 is 2.81 bits per heavy atom. The second kappa shape index (κ2) is 7.69. The molecule has 0 aliphatic heterocycles. The van der Waals surface area contributed by atoms with Crippen LogP contribution in [0.5, 0.6) is 5.75 Å². The number of halogens is 1. The van der Waals surface area contributed by atoms with Crippen molar-refractivity contribution in [2.45, 2.75) is 33.2 Å². The molecule has 1 aromatic rings. The van der Waals surface area contributed by atoms with Crippen LogP contribution in [0.2, 0.25) is 0 Å². The van der Waals surface area contributed by atoms with Crippen LogP contribution in [0.4, 0.5) is 0 Å². The third-order valence-electron chi connectivity index (χ3n) is 2.34. The number of nitrogens with one attached hydrogen (secondary N) is 1. The van der Waals surface area contributed by atoms with Crippen molar-refractivity contribution in [3.8, 4) is 5.75 Å². The van der Waals surface area contributed by atoms with Gasteiger partial charge in [-0.1, -0.05) is 36.2 Å². The minimum absolute atomic E-state index is 0.803. The molecular formula is C13H20BrNO. The third kappa shape index (κ3) is 4.54. The lowest BCUT2D eigenvalue weighted by molar-refractivity contribution is 0.305. The molecule has 0 bridgehead atoms. The summed E-state index contributed by atoms with van der Waals surface area (Å²) in [4.78, 5) is 0. The number of hydrogen-bond acceptors (Lipinski definition) is 2. The van der Waals surface area contributed by atoms with Crippen LogP contribution in [0, 0.1) is 0 Å². The van der Waals surface area contributed by atoms with Gasteiger partial charge in [0.2, 0.25) is 0 Å². The summed E-state index contributed by atoms with van der Waals surface area (Å²) < 4.78 is 6.87. The van der Waals surface area contributed by atoms with Gasteiger partial charge in [-0.3, -0.25) is 0 Å². The Hall–Kier alpha value is -0.540. The molecule has 0 unspecified atom stereocenters. The van der Waals surface area contributed by atoms with Gasteiger partial charge in [0.1, 0.15) is 5.75 Å². The highest BCUT2D eigenvalue weighted by atomic mass is 79.9. The van der Waals surface area contributed by atoms with Gasteiger partial charge in [-0.15, -0.1) is 0 Å². The van der Waals surface area contributed by atoms with E-state index >= 15 is 0 Å². The molecule has 0 spiro atoms. The smallest absolute Gasteiger partial charge is 0.123 e. The minimum Gasteiger partial charge on any atom is -0.493 e. The van der Waals surface area contributed by atoms with Gasteiger partial charge in [0, 0.05) is 16.6 Å². The number of rotatable bonds is 7. The molecule has 0 heterocycles. The summed E-state index contributed by atoms with van der Waals surface area (Å²) in [6, 6.07) is 6.17. The van der Waals surface area contributed by atoms with Crippen LogP contribution in [0.1, 0.15) is 32.3 Å². The van der Waals surface area contributed by atoms with Crippen molar-refractivity contribution < 1.29 is 4.74 Å². The van der Waals surface area contributed by atoms with Crippen LogP contribution < -0.4 is 10.1 Å². The van der Waals surface area contributed by atoms with Gasteiger partial charge in [0.25, 0.3) is 0 Å². The Kier molecular flexibility index (Phi) is 6.50. The molecule has 0 saturated carbocycles. The first-order chi connectivity index (χ1) is 7.77. The molecule has 0 atom stereocenters. The van der Waals surface area contributed by atoms with Gasteiger partial charge < -0.3 is 10.1 Å². The molecule has 0 aromatic heterocycles. The van der Waals surface area contributed by atoms with Crippen molar-refractivity contribution in [3.63, 3.8) is 0 Å². The molecule has 2 nitrogen and oxygen atoms in total. The topological polar surface area (TPSA) is 21.3 Å². The van der Waals surface area contributed by atoms with Gasteiger partial charge in [0.15, 0.2) is 0 Å². The molecule has 90 valence electrons. The summed E-state index contributed by atoms with van der Waals surface area (Å²) in [5.74, 6) is 0.998. The summed E-state index contributed by atoms with van der Waals surface area (Å²) in [5, 5.41) is 3.32. The molecule has 0 radical (unpaired) electrons. The molecule has 0 amide bonds. The molecule has 0 aliphatic rings. The second-order valence-corrected chi connectivity index (χ2v) is 4.65. The van der Waals surface area contributed by atoms with E-state index in [2.05, 4.69) is 41.2 Å². The number of hydrogen-bond donors (Lipinski definition) is 1. The zero-order valence-corrected chi connectivity index (χ0v) is 11.6. The van der Waals surface area contributed by atoms with E-state index in [-0.39, 0.29) is 0 Å². The van der Waals surface area contributed by atoms with Gasteiger partial charge in [-0.25, -0.2) is 0 Å². The third-order valence-corrected chi connectivity index (χ3v) is 2.84. The van der Waals surface area contributed by atoms with Crippen molar-refractivity contribution in [1.82, 2.24) is 5.32 Å². The average Bonchev–Trinajstić information content (AvgIpc) is 2.29. The van der Waals surface area contributed by atoms with E-state index in [1.54, 1.807) is 0 Å². The first kappa shape index (κ1) is 13.5. The molecule has 1 N–H and O–H groups in total. The summed E-state index contributed by atoms with van der Waals surface area (Å²) in [5.41, 5.74) is 1.22. The lowest BCUT2D eigenvalue weighted by atomic mass is 10.2. The maximum absolute atomic E-state index is 5.77. The van der Waals surface area contributed by atoms with E-state index in [0.29, 0.717) is 0 Å². The van der Waals surface area contributed by atoms with Gasteiger partial charge in [-0.05, 0) is 31.2 Å². The molecule has 1 rings (SSSR count). The zero-order chi connectivity index (χ0) is 11.8. The summed E-state index contributed by atoms with van der Waals surface area (Å²) in [6.07, 6.45) is 2.27. The first-order valence-electron chi connectivity index (χ1n) is 5.89. The summed E-state index contributed by atoms with van der Waals surface area (Å²) >= 11 is 3.49. The number of benzene rings is 1. The predicted molar refractivity (Wildman–Crippen MR) is 71.9 cm³/mol. The minimum atomic E-state index is 0.803. The quantitative estimate of drug-likeness (QED) is 0.771. The number of ether oxygens (including phenoxy) is 1. The van der Waals surface area contributed by atoms with Gasteiger partial charge in [0.05, 0.1) is 6.61 Å². The SMILES string of the molecule is CCCCOc1ccc(Br)cc1CNCC. The van der Waals surface area contributed by atoms with Crippen LogP contribution in [-0.4, -0.2) is 13.2 Å². The standard InChI is InChI=1S/C13H20BrNO/c1-3-5-8-16-13-7-6-12(14)9-11(13)10-15-4-2/h6-7,9,15H,3-5,8,10H2,1-2H3. The van der Waals surface area contributed by atoms with E-state index in [9.17, 15) is 0 Å². The van der Waals surface area contributed by atoms with Crippen LogP contribution >= 0.6 is 15.9 Å². The Morgan fingerprint density at radius 1 is 1.31 bits per heavy atom. The highest BCUT2D eigenvalue weighted by Gasteiger charge is 2.03. The van der Waals surface area contributed by atoms with Crippen molar-refractivity contribution in [2.75, 3.05) is 13.2 Å². The average molecular weight is 286 g/mol. The fourth-order valence-electron chi connectivity index (χ4n) is 1.41. The predicted octanol–water partition coefficient (Wildman–Crippen LogP) is 3.74. The maximum atomic E-state index is 5.77. The molecular weight excluding hydrogens is 266 g/mol. The van der Waals surface area contributed by atoms with E-state index < -0.39 is 0 Å². The molecule has 16 heavy (non-hydrogen) atoms. The van der Waals surface area contributed by atoms with Crippen LogP contribution in [-0.2, 0) is 6.54 Å². The maximum Gasteiger partial charge on any atom is 0.123 e. The Labute approximate surface area is 107 Å². The van der Waals surface area contributed by atoms with Gasteiger partial charge >= 0.3 is 0 Å². The summed E-state index contributed by atoms with van der Waals surface area (Å²) in [7, 11) is 0. The van der Waals surface area contributed by atoms with Crippen LogP contribution in [0.15, 0.2) is 22.7 Å². The number of unbranched alkanes of at least 4 members (excludes halogenated alkanes) is 1. The monoisotopic (exact) mass is 285 g/mol. The Morgan fingerprint density at radius 2 is 2.12 bits per heavy atom. The molecule has 0 fully saturated rings. The highest BCUT2D eigenvalue weighted by Crippen LogP contribution is 2.23. The van der Waals surface area contributed by atoms with Crippen molar-refractivity contribution in [1.29, 1.82) is 0 Å². The zero-order valence-electron chi connectivity index (χ0n) is 10.1. The molecule has 3 heteroatoms. The van der Waals surface area contributed by atoms with E-state index in [0.717, 1.165) is 36.3 Å². The first-order valence-corrected chi connectivity index (χ1v) is 6.69. The lowest BCUT2D eigenvalue weighted by Crippen LogP contribution is -2.13. The van der Waals surface area contributed by atoms with Crippen molar-refractivity contribution in [2.24, 2.45) is 0 Å². The second-order valence-electron chi connectivity index (χ2n) is 3.73. The van der Waals surface area contributed by atoms with Crippen molar-refractivity contribution >= 4 is 15.9 Å². The molecule has 0 saturated heterocycles. The van der Waals surface area contributed by atoms with E-state index in [4.69, 9.17) is 4.74 Å². The molecule has 0 aliphatic carbocycles.